The Morgan fingerprint density at radius 1 is 1.04 bits per heavy atom. The summed E-state index contributed by atoms with van der Waals surface area (Å²) in [7, 11) is 0. The van der Waals surface area contributed by atoms with E-state index in [1.165, 1.54) is 0 Å². The van der Waals surface area contributed by atoms with Crippen LogP contribution in [0, 0.1) is 0 Å². The molecule has 1 amide bonds. The second-order valence-corrected chi connectivity index (χ2v) is 5.85. The molecule has 0 atom stereocenters. The van der Waals surface area contributed by atoms with Crippen LogP contribution in [-0.2, 0) is 6.54 Å². The van der Waals surface area contributed by atoms with E-state index in [1.54, 1.807) is 36.5 Å². The minimum absolute atomic E-state index is 0.195. The molecule has 0 bridgehead atoms. The van der Waals surface area contributed by atoms with Gasteiger partial charge in [-0.25, -0.2) is 4.98 Å². The highest BCUT2D eigenvalue weighted by Crippen LogP contribution is 2.18. The van der Waals surface area contributed by atoms with E-state index in [1.807, 2.05) is 30.3 Å². The third kappa shape index (κ3) is 4.49. The first-order chi connectivity index (χ1) is 12.1. The molecule has 4 N–H and O–H groups in total. The average Bonchev–Trinajstić information content (AvgIpc) is 2.63. The molecule has 0 saturated carbocycles. The van der Waals surface area contributed by atoms with Crippen molar-refractivity contribution in [3.63, 3.8) is 0 Å². The maximum Gasteiger partial charge on any atom is 0.255 e. The number of benzene rings is 2. The average molecular weight is 353 g/mol. The second-order valence-electron chi connectivity index (χ2n) is 5.46. The first-order valence-electron chi connectivity index (χ1n) is 7.72. The third-order valence-electron chi connectivity index (χ3n) is 3.65. The van der Waals surface area contributed by atoms with Crippen molar-refractivity contribution in [2.75, 3.05) is 16.4 Å². The fraction of sp³-hybridized carbons (Fsp3) is 0.0526. The lowest BCUT2D eigenvalue weighted by molar-refractivity contribution is 0.102. The van der Waals surface area contributed by atoms with Crippen LogP contribution in [0.3, 0.4) is 0 Å². The summed E-state index contributed by atoms with van der Waals surface area (Å²) in [5, 5.41) is 6.51. The van der Waals surface area contributed by atoms with Crippen LogP contribution in [0.25, 0.3) is 0 Å². The first-order valence-corrected chi connectivity index (χ1v) is 8.10. The van der Waals surface area contributed by atoms with Crippen LogP contribution in [0.15, 0.2) is 66.9 Å². The number of pyridine rings is 1. The van der Waals surface area contributed by atoms with Gasteiger partial charge < -0.3 is 16.4 Å². The molecule has 0 aliphatic heterocycles. The molecule has 6 heteroatoms. The Morgan fingerprint density at radius 2 is 1.80 bits per heavy atom. The Kier molecular flexibility index (Phi) is 5.16. The van der Waals surface area contributed by atoms with Gasteiger partial charge in [0.1, 0.15) is 5.15 Å². The number of carbonyl (C=O) groups excluding carboxylic acids is 1. The molecular weight excluding hydrogens is 336 g/mol. The molecule has 5 nitrogen and oxygen atoms in total. The van der Waals surface area contributed by atoms with Gasteiger partial charge in [0, 0.05) is 12.1 Å². The molecule has 0 spiro atoms. The number of rotatable bonds is 5. The van der Waals surface area contributed by atoms with Crippen molar-refractivity contribution in [3.05, 3.63) is 83.1 Å². The Hall–Kier alpha value is -3.05. The number of aromatic nitrogens is 1. The molecule has 0 aliphatic carbocycles. The van der Waals surface area contributed by atoms with E-state index in [0.717, 1.165) is 11.3 Å². The van der Waals surface area contributed by atoms with Crippen molar-refractivity contribution >= 4 is 34.6 Å². The van der Waals surface area contributed by atoms with Gasteiger partial charge in [-0.2, -0.15) is 0 Å². The Balaban J connectivity index is 1.60. The predicted octanol–water partition coefficient (Wildman–Crippen LogP) is 4.18. The minimum Gasteiger partial charge on any atom is -0.397 e. The number of para-hydroxylation sites is 2. The Morgan fingerprint density at radius 3 is 2.48 bits per heavy atom. The second kappa shape index (κ2) is 7.68. The van der Waals surface area contributed by atoms with Crippen LogP contribution >= 0.6 is 11.6 Å². The highest BCUT2D eigenvalue weighted by Gasteiger charge is 2.07. The van der Waals surface area contributed by atoms with Gasteiger partial charge >= 0.3 is 0 Å². The van der Waals surface area contributed by atoms with Crippen molar-refractivity contribution in [1.82, 2.24) is 4.98 Å². The van der Waals surface area contributed by atoms with Crippen LogP contribution in [0.5, 0.6) is 0 Å². The lowest BCUT2D eigenvalue weighted by Crippen LogP contribution is -2.13. The van der Waals surface area contributed by atoms with Crippen LogP contribution in [0.1, 0.15) is 15.9 Å². The molecule has 126 valence electrons. The minimum atomic E-state index is -0.195. The molecule has 1 heterocycles. The van der Waals surface area contributed by atoms with Crippen molar-refractivity contribution < 1.29 is 4.79 Å². The van der Waals surface area contributed by atoms with Gasteiger partial charge in [-0.15, -0.1) is 0 Å². The molecule has 0 fully saturated rings. The number of nitrogens with zero attached hydrogens (tertiary/aromatic N) is 1. The van der Waals surface area contributed by atoms with Gasteiger partial charge in [0.25, 0.3) is 5.91 Å². The Bertz CT molecular complexity index is 863. The van der Waals surface area contributed by atoms with E-state index in [2.05, 4.69) is 15.6 Å². The lowest BCUT2D eigenvalue weighted by Gasteiger charge is -2.09. The molecule has 25 heavy (non-hydrogen) atoms. The fourth-order valence-corrected chi connectivity index (χ4v) is 2.38. The summed E-state index contributed by atoms with van der Waals surface area (Å²) in [5.74, 6) is -0.195. The number of nitrogens with one attached hydrogen (secondary N) is 2. The molecule has 3 aromatic rings. The van der Waals surface area contributed by atoms with Crippen LogP contribution in [0.4, 0.5) is 17.1 Å². The Labute approximate surface area is 150 Å². The summed E-state index contributed by atoms with van der Waals surface area (Å²) >= 11 is 5.76. The standard InChI is InChI=1S/C19H17ClN4O/c20-18-10-9-15(12-23-18)22-11-13-5-7-14(8-6-13)19(25)24-17-4-2-1-3-16(17)21/h1-10,12,22H,11,21H2,(H,24,25). The van der Waals surface area contributed by atoms with Crippen LogP contribution in [0.2, 0.25) is 5.15 Å². The van der Waals surface area contributed by atoms with Crippen molar-refractivity contribution in [2.24, 2.45) is 0 Å². The lowest BCUT2D eigenvalue weighted by atomic mass is 10.1. The number of amides is 1. The number of nitrogen functional groups attached to an aromatic ring is 1. The number of anilines is 3. The summed E-state index contributed by atoms with van der Waals surface area (Å²) in [6.07, 6.45) is 1.68. The van der Waals surface area contributed by atoms with Gasteiger partial charge in [-0.1, -0.05) is 35.9 Å². The zero-order chi connectivity index (χ0) is 17.6. The maximum atomic E-state index is 12.3. The smallest absolute Gasteiger partial charge is 0.255 e. The largest absolute Gasteiger partial charge is 0.397 e. The highest BCUT2D eigenvalue weighted by molar-refractivity contribution is 6.29. The fourth-order valence-electron chi connectivity index (χ4n) is 2.26. The van der Waals surface area contributed by atoms with E-state index < -0.39 is 0 Å². The summed E-state index contributed by atoms with van der Waals surface area (Å²) < 4.78 is 0. The number of hydrogen-bond acceptors (Lipinski definition) is 4. The van der Waals surface area contributed by atoms with Gasteiger partial charge in [0.05, 0.1) is 23.3 Å². The van der Waals surface area contributed by atoms with Crippen molar-refractivity contribution in [1.29, 1.82) is 0 Å². The third-order valence-corrected chi connectivity index (χ3v) is 3.87. The van der Waals surface area contributed by atoms with E-state index in [4.69, 9.17) is 17.3 Å². The molecule has 0 unspecified atom stereocenters. The highest BCUT2D eigenvalue weighted by atomic mass is 35.5. The monoisotopic (exact) mass is 352 g/mol. The van der Waals surface area contributed by atoms with Gasteiger partial charge in [-0.05, 0) is 42.0 Å². The maximum absolute atomic E-state index is 12.3. The molecular formula is C19H17ClN4O. The normalized spacial score (nSPS) is 10.3. The first kappa shape index (κ1) is 16.8. The van der Waals surface area contributed by atoms with Gasteiger partial charge in [0.2, 0.25) is 0 Å². The van der Waals surface area contributed by atoms with E-state index in [-0.39, 0.29) is 5.91 Å². The van der Waals surface area contributed by atoms with E-state index in [9.17, 15) is 4.79 Å². The molecule has 0 radical (unpaired) electrons. The molecule has 0 aliphatic rings. The molecule has 1 aromatic heterocycles. The molecule has 3 rings (SSSR count). The molecule has 0 saturated heterocycles. The molecule has 2 aromatic carbocycles. The van der Waals surface area contributed by atoms with Gasteiger partial charge in [-0.3, -0.25) is 4.79 Å². The zero-order valence-electron chi connectivity index (χ0n) is 13.4. The van der Waals surface area contributed by atoms with E-state index in [0.29, 0.717) is 28.6 Å². The number of hydrogen-bond donors (Lipinski definition) is 3. The summed E-state index contributed by atoms with van der Waals surface area (Å²) in [5.41, 5.74) is 9.48. The van der Waals surface area contributed by atoms with Crippen molar-refractivity contribution in [2.45, 2.75) is 6.54 Å². The summed E-state index contributed by atoms with van der Waals surface area (Å²) in [4.78, 5) is 16.3. The van der Waals surface area contributed by atoms with E-state index >= 15 is 0 Å². The summed E-state index contributed by atoms with van der Waals surface area (Å²) in [6, 6.07) is 18.1. The number of halogens is 1. The summed E-state index contributed by atoms with van der Waals surface area (Å²) in [6.45, 7) is 0.622. The van der Waals surface area contributed by atoms with Crippen LogP contribution in [-0.4, -0.2) is 10.9 Å². The van der Waals surface area contributed by atoms with Gasteiger partial charge in [0.15, 0.2) is 0 Å². The quantitative estimate of drug-likeness (QED) is 0.475. The number of nitrogens with two attached hydrogens (primary N) is 1. The predicted molar refractivity (Wildman–Crippen MR) is 102 cm³/mol. The zero-order valence-corrected chi connectivity index (χ0v) is 14.1. The van der Waals surface area contributed by atoms with Crippen LogP contribution < -0.4 is 16.4 Å². The van der Waals surface area contributed by atoms with Crippen molar-refractivity contribution in [3.8, 4) is 0 Å². The topological polar surface area (TPSA) is 80.0 Å². The SMILES string of the molecule is Nc1ccccc1NC(=O)c1ccc(CNc2ccc(Cl)nc2)cc1. The number of carbonyl (C=O) groups is 1.